The van der Waals surface area contributed by atoms with Crippen LogP contribution in [-0.4, -0.2) is 4.92 Å². The number of nitrogens with zero attached hydrogens (tertiary/aromatic N) is 1. The summed E-state index contributed by atoms with van der Waals surface area (Å²) in [7, 11) is 0. The van der Waals surface area contributed by atoms with Crippen molar-refractivity contribution in [1.29, 1.82) is 0 Å². The molecule has 1 aromatic carbocycles. The molecule has 0 aliphatic carbocycles. The molecule has 5 heteroatoms. The molecule has 0 aliphatic rings. The molecule has 0 bridgehead atoms. The van der Waals surface area contributed by atoms with Crippen LogP contribution in [0.25, 0.3) is 0 Å². The summed E-state index contributed by atoms with van der Waals surface area (Å²) in [4.78, 5) is 11.2. The van der Waals surface area contributed by atoms with Crippen LogP contribution in [0.4, 0.5) is 10.7 Å². The zero-order valence-electron chi connectivity index (χ0n) is 10.1. The topological polar surface area (TPSA) is 55.2 Å². The third-order valence-electron chi connectivity index (χ3n) is 2.63. The van der Waals surface area contributed by atoms with Crippen molar-refractivity contribution in [2.24, 2.45) is 0 Å². The summed E-state index contributed by atoms with van der Waals surface area (Å²) in [6.45, 7) is 2.73. The third-order valence-corrected chi connectivity index (χ3v) is 3.67. The normalized spacial score (nSPS) is 10.3. The van der Waals surface area contributed by atoms with Gasteiger partial charge in [0.05, 0.1) is 4.92 Å². The van der Waals surface area contributed by atoms with Gasteiger partial charge in [-0.2, -0.15) is 0 Å². The van der Waals surface area contributed by atoms with E-state index in [9.17, 15) is 10.1 Å². The Hall–Kier alpha value is -1.88. The highest BCUT2D eigenvalue weighted by molar-refractivity contribution is 7.15. The number of benzene rings is 1. The van der Waals surface area contributed by atoms with Crippen molar-refractivity contribution in [1.82, 2.24) is 0 Å². The summed E-state index contributed by atoms with van der Waals surface area (Å²) in [5.74, 6) is 0. The maximum atomic E-state index is 10.6. The first-order valence-electron chi connectivity index (χ1n) is 5.75. The van der Waals surface area contributed by atoms with Gasteiger partial charge in [-0.1, -0.05) is 30.4 Å². The van der Waals surface area contributed by atoms with Crippen LogP contribution < -0.4 is 5.32 Å². The largest absolute Gasteiger partial charge is 0.380 e. The lowest BCUT2D eigenvalue weighted by Gasteiger charge is -2.06. The second kappa shape index (κ2) is 5.64. The van der Waals surface area contributed by atoms with Gasteiger partial charge in [0.25, 0.3) is 0 Å². The molecule has 0 radical (unpaired) electrons. The quantitative estimate of drug-likeness (QED) is 0.658. The Balaban J connectivity index is 1.99. The number of hydrogen-bond acceptors (Lipinski definition) is 4. The number of nitrogens with one attached hydrogen (secondary N) is 1. The number of thiophene rings is 1. The molecule has 0 saturated carbocycles. The SMILES string of the molecule is CCc1cccc(NCc2ccc([N+](=O)[O-])s2)c1. The Kier molecular flexibility index (Phi) is 3.94. The van der Waals surface area contributed by atoms with E-state index < -0.39 is 0 Å². The molecule has 2 aromatic rings. The Morgan fingerprint density at radius 2 is 2.17 bits per heavy atom. The molecule has 4 nitrogen and oxygen atoms in total. The van der Waals surface area contributed by atoms with Crippen LogP contribution in [0.2, 0.25) is 0 Å². The number of anilines is 1. The van der Waals surface area contributed by atoms with Crippen molar-refractivity contribution < 1.29 is 4.92 Å². The summed E-state index contributed by atoms with van der Waals surface area (Å²) in [5.41, 5.74) is 2.32. The van der Waals surface area contributed by atoms with E-state index >= 15 is 0 Å². The molecule has 0 spiro atoms. The van der Waals surface area contributed by atoms with Crippen LogP contribution in [0.5, 0.6) is 0 Å². The van der Waals surface area contributed by atoms with Gasteiger partial charge in [0.1, 0.15) is 0 Å². The van der Waals surface area contributed by atoms with Crippen LogP contribution >= 0.6 is 11.3 Å². The van der Waals surface area contributed by atoms with Crippen LogP contribution in [0.1, 0.15) is 17.4 Å². The molecule has 1 N–H and O–H groups in total. The van der Waals surface area contributed by atoms with E-state index in [4.69, 9.17) is 0 Å². The fraction of sp³-hybridized carbons (Fsp3) is 0.231. The number of aryl methyl sites for hydroxylation is 1. The minimum atomic E-state index is -0.355. The molecule has 94 valence electrons. The number of nitro groups is 1. The standard InChI is InChI=1S/C13H14N2O2S/c1-2-10-4-3-5-11(8-10)14-9-12-6-7-13(18-12)15(16)17/h3-8,14H,2,9H2,1H3. The summed E-state index contributed by atoms with van der Waals surface area (Å²) in [6, 6.07) is 11.5. The maximum Gasteiger partial charge on any atom is 0.324 e. The Morgan fingerprint density at radius 3 is 2.83 bits per heavy atom. The Labute approximate surface area is 109 Å². The second-order valence-corrected chi connectivity index (χ2v) is 5.05. The first-order valence-corrected chi connectivity index (χ1v) is 6.56. The van der Waals surface area contributed by atoms with Crippen molar-refractivity contribution in [3.05, 3.63) is 57.0 Å². The van der Waals surface area contributed by atoms with E-state index in [2.05, 4.69) is 24.4 Å². The van der Waals surface area contributed by atoms with Crippen molar-refractivity contribution in [2.75, 3.05) is 5.32 Å². The van der Waals surface area contributed by atoms with Gasteiger partial charge in [0.2, 0.25) is 0 Å². The van der Waals surface area contributed by atoms with Gasteiger partial charge < -0.3 is 5.32 Å². The van der Waals surface area contributed by atoms with E-state index in [1.165, 1.54) is 16.9 Å². The Bertz CT molecular complexity index is 551. The lowest BCUT2D eigenvalue weighted by atomic mass is 10.1. The molecule has 0 unspecified atom stereocenters. The zero-order chi connectivity index (χ0) is 13.0. The molecular formula is C13H14N2O2S. The molecule has 2 rings (SSSR count). The van der Waals surface area contributed by atoms with E-state index in [0.717, 1.165) is 17.0 Å². The molecule has 1 heterocycles. The van der Waals surface area contributed by atoms with Gasteiger partial charge >= 0.3 is 5.00 Å². The minimum absolute atomic E-state index is 0.189. The van der Waals surface area contributed by atoms with E-state index in [0.29, 0.717) is 6.54 Å². The highest BCUT2D eigenvalue weighted by atomic mass is 32.1. The first-order chi connectivity index (χ1) is 8.69. The summed E-state index contributed by atoms with van der Waals surface area (Å²) in [6.07, 6.45) is 1.000. The monoisotopic (exact) mass is 262 g/mol. The molecular weight excluding hydrogens is 248 g/mol. The second-order valence-electron chi connectivity index (χ2n) is 3.90. The van der Waals surface area contributed by atoms with Gasteiger partial charge in [-0.05, 0) is 30.2 Å². The van der Waals surface area contributed by atoms with Crippen molar-refractivity contribution in [3.63, 3.8) is 0 Å². The summed E-state index contributed by atoms with van der Waals surface area (Å²) >= 11 is 1.21. The van der Waals surface area contributed by atoms with E-state index in [-0.39, 0.29) is 9.92 Å². The summed E-state index contributed by atoms with van der Waals surface area (Å²) < 4.78 is 0. The predicted octanol–water partition coefficient (Wildman–Crippen LogP) is 3.83. The van der Waals surface area contributed by atoms with E-state index in [1.807, 2.05) is 12.1 Å². The van der Waals surface area contributed by atoms with Crippen LogP contribution in [0.3, 0.4) is 0 Å². The Morgan fingerprint density at radius 1 is 1.33 bits per heavy atom. The predicted molar refractivity (Wildman–Crippen MR) is 74.1 cm³/mol. The van der Waals surface area contributed by atoms with Gasteiger partial charge in [0.15, 0.2) is 0 Å². The smallest absolute Gasteiger partial charge is 0.324 e. The minimum Gasteiger partial charge on any atom is -0.380 e. The fourth-order valence-electron chi connectivity index (χ4n) is 1.65. The zero-order valence-corrected chi connectivity index (χ0v) is 10.9. The van der Waals surface area contributed by atoms with Crippen molar-refractivity contribution >= 4 is 22.0 Å². The lowest BCUT2D eigenvalue weighted by Crippen LogP contribution is -1.97. The van der Waals surface area contributed by atoms with Crippen LogP contribution in [0, 0.1) is 10.1 Å². The van der Waals surface area contributed by atoms with E-state index in [1.54, 1.807) is 12.1 Å². The first kappa shape index (κ1) is 12.6. The van der Waals surface area contributed by atoms with Crippen LogP contribution in [-0.2, 0) is 13.0 Å². The van der Waals surface area contributed by atoms with Gasteiger partial charge in [-0.15, -0.1) is 0 Å². The number of hydrogen-bond donors (Lipinski definition) is 1. The fourth-order valence-corrected chi connectivity index (χ4v) is 2.41. The maximum absolute atomic E-state index is 10.6. The van der Waals surface area contributed by atoms with Gasteiger partial charge in [-0.25, -0.2) is 0 Å². The number of rotatable bonds is 5. The molecule has 0 saturated heterocycles. The molecule has 1 aromatic heterocycles. The summed E-state index contributed by atoms with van der Waals surface area (Å²) in [5, 5.41) is 14.0. The molecule has 0 amide bonds. The average Bonchev–Trinajstić information content (AvgIpc) is 2.85. The lowest BCUT2D eigenvalue weighted by molar-refractivity contribution is -0.380. The molecule has 0 aliphatic heterocycles. The highest BCUT2D eigenvalue weighted by Crippen LogP contribution is 2.24. The average molecular weight is 262 g/mol. The highest BCUT2D eigenvalue weighted by Gasteiger charge is 2.09. The third kappa shape index (κ3) is 3.07. The molecule has 18 heavy (non-hydrogen) atoms. The van der Waals surface area contributed by atoms with Crippen LogP contribution in [0.15, 0.2) is 36.4 Å². The molecule has 0 atom stereocenters. The van der Waals surface area contributed by atoms with Crippen molar-refractivity contribution in [3.8, 4) is 0 Å². The van der Waals surface area contributed by atoms with Crippen molar-refractivity contribution in [2.45, 2.75) is 19.9 Å². The molecule has 0 fully saturated rings. The van der Waals surface area contributed by atoms with Gasteiger partial charge in [0, 0.05) is 23.2 Å². The van der Waals surface area contributed by atoms with Gasteiger partial charge in [-0.3, -0.25) is 10.1 Å².